The van der Waals surface area contributed by atoms with Crippen LogP contribution >= 0.6 is 0 Å². The first-order valence-corrected chi connectivity index (χ1v) is 11.0. The number of aromatic nitrogens is 3. The molecule has 7 heteroatoms. The van der Waals surface area contributed by atoms with Crippen molar-refractivity contribution in [3.8, 4) is 22.9 Å². The van der Waals surface area contributed by atoms with Gasteiger partial charge in [0, 0.05) is 42.5 Å². The lowest BCUT2D eigenvalue weighted by Crippen LogP contribution is -2.43. The maximum atomic E-state index is 11.5. The van der Waals surface area contributed by atoms with Gasteiger partial charge in [0.25, 0.3) is 0 Å². The summed E-state index contributed by atoms with van der Waals surface area (Å²) in [4.78, 5) is 16.1. The highest BCUT2D eigenvalue weighted by molar-refractivity contribution is 5.91. The summed E-state index contributed by atoms with van der Waals surface area (Å²) in [6.07, 6.45) is 4.64. The van der Waals surface area contributed by atoms with Crippen LogP contribution in [0.3, 0.4) is 0 Å². The van der Waals surface area contributed by atoms with Crippen LogP contribution in [0.1, 0.15) is 18.4 Å². The van der Waals surface area contributed by atoms with E-state index in [-0.39, 0.29) is 0 Å². The molecular formula is C26H26N4O3. The minimum absolute atomic E-state index is 0.559. The van der Waals surface area contributed by atoms with Gasteiger partial charge in [-0.05, 0) is 54.8 Å². The van der Waals surface area contributed by atoms with Gasteiger partial charge >= 0.3 is 0 Å². The Kier molecular flexibility index (Phi) is 5.56. The van der Waals surface area contributed by atoms with Crippen LogP contribution in [0.15, 0.2) is 67.0 Å². The number of aliphatic hydroxyl groups is 1. The number of piperidine rings is 1. The molecule has 7 nitrogen and oxygen atoms in total. The molecule has 0 spiro atoms. The molecule has 0 amide bonds. The fraction of sp³-hybridized carbons (Fsp3) is 0.269. The van der Waals surface area contributed by atoms with Gasteiger partial charge in [0.05, 0.1) is 25.3 Å². The molecule has 2 aromatic carbocycles. The molecule has 0 atom stereocenters. The first-order valence-electron chi connectivity index (χ1n) is 11.0. The summed E-state index contributed by atoms with van der Waals surface area (Å²) < 4.78 is 10.8. The van der Waals surface area contributed by atoms with Gasteiger partial charge in [0.1, 0.15) is 17.3 Å². The number of ether oxygens (including phenoxy) is 2. The van der Waals surface area contributed by atoms with Crippen LogP contribution in [-0.4, -0.2) is 47.4 Å². The third-order valence-corrected chi connectivity index (χ3v) is 6.28. The Morgan fingerprint density at radius 1 is 0.909 bits per heavy atom. The van der Waals surface area contributed by atoms with E-state index in [0.717, 1.165) is 27.8 Å². The quantitative estimate of drug-likeness (QED) is 0.496. The van der Waals surface area contributed by atoms with Gasteiger partial charge in [-0.1, -0.05) is 12.1 Å². The zero-order valence-electron chi connectivity index (χ0n) is 18.7. The van der Waals surface area contributed by atoms with Crippen molar-refractivity contribution in [2.24, 2.45) is 0 Å². The highest BCUT2D eigenvalue weighted by Gasteiger charge is 2.35. The normalized spacial score (nSPS) is 15.4. The molecule has 5 rings (SSSR count). The van der Waals surface area contributed by atoms with Crippen LogP contribution in [0.2, 0.25) is 0 Å². The van der Waals surface area contributed by atoms with Crippen LogP contribution in [-0.2, 0) is 5.60 Å². The Morgan fingerprint density at radius 2 is 1.64 bits per heavy atom. The molecule has 3 heterocycles. The Hall–Kier alpha value is -3.71. The predicted octanol–water partition coefficient (Wildman–Crippen LogP) is 4.20. The summed E-state index contributed by atoms with van der Waals surface area (Å²) in [5.74, 6) is 2.87. The molecule has 2 aromatic heterocycles. The number of hydrogen-bond donors (Lipinski definition) is 1. The summed E-state index contributed by atoms with van der Waals surface area (Å²) >= 11 is 0. The van der Waals surface area contributed by atoms with Gasteiger partial charge in [-0.2, -0.15) is 0 Å². The van der Waals surface area contributed by atoms with Crippen molar-refractivity contribution in [3.05, 3.63) is 72.6 Å². The van der Waals surface area contributed by atoms with Gasteiger partial charge in [-0.15, -0.1) is 0 Å². The Bertz CT molecular complexity index is 1250. The minimum Gasteiger partial charge on any atom is -0.497 e. The highest BCUT2D eigenvalue weighted by atomic mass is 16.5. The van der Waals surface area contributed by atoms with Crippen molar-refractivity contribution >= 4 is 16.7 Å². The molecule has 1 N–H and O–H groups in total. The van der Waals surface area contributed by atoms with Crippen LogP contribution in [0.25, 0.3) is 22.3 Å². The van der Waals surface area contributed by atoms with Gasteiger partial charge < -0.3 is 19.5 Å². The molecule has 1 aliphatic heterocycles. The Labute approximate surface area is 192 Å². The summed E-state index contributed by atoms with van der Waals surface area (Å²) in [5.41, 5.74) is 1.61. The molecule has 0 saturated carbocycles. The predicted molar refractivity (Wildman–Crippen MR) is 128 cm³/mol. The van der Waals surface area contributed by atoms with Crippen molar-refractivity contribution in [2.75, 3.05) is 32.2 Å². The van der Waals surface area contributed by atoms with Crippen LogP contribution in [0.4, 0.5) is 5.82 Å². The van der Waals surface area contributed by atoms with Crippen molar-refractivity contribution in [3.63, 3.8) is 0 Å². The van der Waals surface area contributed by atoms with Gasteiger partial charge in [-0.3, -0.25) is 4.98 Å². The third-order valence-electron chi connectivity index (χ3n) is 6.28. The first-order chi connectivity index (χ1) is 16.1. The largest absolute Gasteiger partial charge is 0.497 e. The fourth-order valence-corrected chi connectivity index (χ4v) is 4.38. The van der Waals surface area contributed by atoms with E-state index in [9.17, 15) is 5.11 Å². The SMILES string of the molecule is COc1cc(OC)cc(C2(O)CCN(c3nc(-c4cccnc4)nc4ccccc34)CC2)c1. The molecule has 0 unspecified atom stereocenters. The number of rotatable bonds is 5. The lowest BCUT2D eigenvalue weighted by atomic mass is 9.84. The first kappa shape index (κ1) is 21.2. The lowest BCUT2D eigenvalue weighted by Gasteiger charge is -2.39. The van der Waals surface area contributed by atoms with Gasteiger partial charge in [-0.25, -0.2) is 9.97 Å². The molecule has 1 fully saturated rings. The number of fused-ring (bicyclic) bond motifs is 1. The standard InChI is InChI=1S/C26H26N4O3/c1-32-20-14-19(15-21(16-20)33-2)26(31)9-12-30(13-10-26)25-22-7-3-4-8-23(22)28-24(29-25)18-6-5-11-27-17-18/h3-8,11,14-17,31H,9-10,12-13H2,1-2H3. The molecule has 0 bridgehead atoms. The lowest BCUT2D eigenvalue weighted by molar-refractivity contribution is 0.0113. The van der Waals surface area contributed by atoms with Gasteiger partial charge in [0.15, 0.2) is 5.82 Å². The van der Waals surface area contributed by atoms with E-state index in [1.807, 2.05) is 54.6 Å². The second-order valence-electron chi connectivity index (χ2n) is 8.25. The molecular weight excluding hydrogens is 416 g/mol. The van der Waals surface area contributed by atoms with Crippen LogP contribution in [0, 0.1) is 0 Å². The van der Waals surface area contributed by atoms with Crippen LogP contribution < -0.4 is 14.4 Å². The average Bonchev–Trinajstić information content (AvgIpc) is 2.88. The van der Waals surface area contributed by atoms with E-state index >= 15 is 0 Å². The number of hydrogen-bond acceptors (Lipinski definition) is 7. The number of para-hydroxylation sites is 1. The smallest absolute Gasteiger partial charge is 0.163 e. The summed E-state index contributed by atoms with van der Waals surface area (Å²) in [5, 5.41) is 12.5. The number of pyridine rings is 1. The number of anilines is 1. The molecule has 168 valence electrons. The average molecular weight is 443 g/mol. The van der Waals surface area contributed by atoms with Crippen molar-refractivity contribution in [1.82, 2.24) is 15.0 Å². The Balaban J connectivity index is 1.47. The van der Waals surface area contributed by atoms with E-state index in [1.54, 1.807) is 26.6 Å². The molecule has 4 aromatic rings. The maximum Gasteiger partial charge on any atom is 0.163 e. The molecule has 1 aliphatic rings. The van der Waals surface area contributed by atoms with E-state index < -0.39 is 5.60 Å². The number of methoxy groups -OCH3 is 2. The second kappa shape index (κ2) is 8.67. The zero-order chi connectivity index (χ0) is 22.8. The molecule has 1 saturated heterocycles. The molecule has 0 aliphatic carbocycles. The fourth-order valence-electron chi connectivity index (χ4n) is 4.38. The minimum atomic E-state index is -0.965. The van der Waals surface area contributed by atoms with Crippen molar-refractivity contribution < 1.29 is 14.6 Å². The number of benzene rings is 2. The van der Waals surface area contributed by atoms with E-state index in [1.165, 1.54) is 0 Å². The summed E-state index contributed by atoms with van der Waals surface area (Å²) in [7, 11) is 3.23. The van der Waals surface area contributed by atoms with E-state index in [2.05, 4.69) is 9.88 Å². The monoisotopic (exact) mass is 442 g/mol. The topological polar surface area (TPSA) is 80.6 Å². The maximum absolute atomic E-state index is 11.5. The van der Waals surface area contributed by atoms with Gasteiger partial charge in [0.2, 0.25) is 0 Å². The highest BCUT2D eigenvalue weighted by Crippen LogP contribution is 2.39. The van der Waals surface area contributed by atoms with Crippen molar-refractivity contribution in [2.45, 2.75) is 18.4 Å². The third kappa shape index (κ3) is 4.07. The van der Waals surface area contributed by atoms with Crippen molar-refractivity contribution in [1.29, 1.82) is 0 Å². The molecule has 33 heavy (non-hydrogen) atoms. The summed E-state index contributed by atoms with van der Waals surface area (Å²) in [6.45, 7) is 1.31. The summed E-state index contributed by atoms with van der Waals surface area (Å²) in [6, 6.07) is 17.5. The van der Waals surface area contributed by atoms with Crippen LogP contribution in [0.5, 0.6) is 11.5 Å². The van der Waals surface area contributed by atoms with E-state index in [0.29, 0.717) is 43.3 Å². The van der Waals surface area contributed by atoms with E-state index in [4.69, 9.17) is 19.4 Å². The second-order valence-corrected chi connectivity index (χ2v) is 8.25. The number of nitrogens with zero attached hydrogens (tertiary/aromatic N) is 4. The zero-order valence-corrected chi connectivity index (χ0v) is 18.7. The molecule has 0 radical (unpaired) electrons. The Morgan fingerprint density at radius 3 is 2.30 bits per heavy atom.